The quantitative estimate of drug-likeness (QED) is 0.458. The van der Waals surface area contributed by atoms with Crippen molar-refractivity contribution in [2.45, 2.75) is 19.8 Å². The Kier molecular flexibility index (Phi) is 4.13. The fourth-order valence-electron chi connectivity index (χ4n) is 3.67. The van der Waals surface area contributed by atoms with E-state index in [-0.39, 0.29) is 0 Å². The van der Waals surface area contributed by atoms with Crippen LogP contribution in [0.4, 0.5) is 0 Å². The van der Waals surface area contributed by atoms with Crippen LogP contribution in [0.2, 0.25) is 0 Å². The van der Waals surface area contributed by atoms with Crippen LogP contribution in [0.25, 0.3) is 27.5 Å². The second-order valence-electron chi connectivity index (χ2n) is 6.50. The number of para-hydroxylation sites is 1. The van der Waals surface area contributed by atoms with Crippen molar-refractivity contribution in [1.82, 2.24) is 4.57 Å². The first kappa shape index (κ1) is 16.3. The molecule has 0 aliphatic carbocycles. The molecule has 4 aromatic rings. The summed E-state index contributed by atoms with van der Waals surface area (Å²) in [5.74, 6) is 0. The molecule has 128 valence electrons. The van der Waals surface area contributed by atoms with Crippen molar-refractivity contribution in [1.29, 1.82) is 0 Å². The molecule has 0 aliphatic heterocycles. The number of benzene rings is 3. The van der Waals surface area contributed by atoms with Gasteiger partial charge in [-0.3, -0.25) is 9.59 Å². The van der Waals surface area contributed by atoms with Gasteiger partial charge in [0.15, 0.2) is 0 Å². The maximum absolute atomic E-state index is 11.3. The van der Waals surface area contributed by atoms with Crippen molar-refractivity contribution in [3.8, 4) is 5.69 Å². The van der Waals surface area contributed by atoms with Gasteiger partial charge in [0.1, 0.15) is 12.6 Å². The Morgan fingerprint density at radius 3 is 1.92 bits per heavy atom. The van der Waals surface area contributed by atoms with Crippen LogP contribution in [0.5, 0.6) is 0 Å². The second kappa shape index (κ2) is 6.60. The summed E-state index contributed by atoms with van der Waals surface area (Å²) in [6, 6.07) is 19.9. The highest BCUT2D eigenvalue weighted by Gasteiger charge is 2.15. The number of aryl methyl sites for hydroxylation is 1. The van der Waals surface area contributed by atoms with Crippen LogP contribution in [0.1, 0.15) is 39.6 Å². The van der Waals surface area contributed by atoms with Crippen molar-refractivity contribution in [3.63, 3.8) is 0 Å². The first-order chi connectivity index (χ1) is 12.8. The summed E-state index contributed by atoms with van der Waals surface area (Å²) in [7, 11) is 0. The van der Waals surface area contributed by atoms with E-state index >= 15 is 0 Å². The Labute approximate surface area is 151 Å². The summed E-state index contributed by atoms with van der Waals surface area (Å²) in [5, 5.41) is 1.97. The zero-order valence-electron chi connectivity index (χ0n) is 14.6. The van der Waals surface area contributed by atoms with Gasteiger partial charge in [-0.2, -0.15) is 0 Å². The van der Waals surface area contributed by atoms with Crippen LogP contribution in [-0.4, -0.2) is 17.1 Å². The lowest BCUT2D eigenvalue weighted by Gasteiger charge is -2.13. The van der Waals surface area contributed by atoms with Gasteiger partial charge < -0.3 is 4.57 Å². The number of hydrogen-bond acceptors (Lipinski definition) is 2. The molecule has 1 heterocycles. The van der Waals surface area contributed by atoms with E-state index in [1.54, 1.807) is 0 Å². The average Bonchev–Trinajstić information content (AvgIpc) is 3.01. The molecule has 3 nitrogen and oxygen atoms in total. The largest absolute Gasteiger partial charge is 0.309 e. The highest BCUT2D eigenvalue weighted by atomic mass is 16.1. The Morgan fingerprint density at radius 2 is 1.38 bits per heavy atom. The Hall–Kier alpha value is -3.20. The number of carbonyl (C=O) groups excluding carboxylic acids is 2. The number of hydrogen-bond donors (Lipinski definition) is 0. The number of aromatic nitrogens is 1. The summed E-state index contributed by atoms with van der Waals surface area (Å²) in [5.41, 5.74) is 5.78. The van der Waals surface area contributed by atoms with Gasteiger partial charge in [0.05, 0.1) is 11.0 Å². The lowest BCUT2D eigenvalue weighted by atomic mass is 10.1. The molecule has 0 amide bonds. The topological polar surface area (TPSA) is 39.1 Å². The summed E-state index contributed by atoms with van der Waals surface area (Å²) in [6.07, 6.45) is 3.78. The van der Waals surface area contributed by atoms with Gasteiger partial charge in [-0.05, 0) is 54.4 Å². The van der Waals surface area contributed by atoms with Crippen molar-refractivity contribution in [3.05, 3.63) is 77.4 Å². The lowest BCUT2D eigenvalue weighted by molar-refractivity contribution is 0.111. The molecule has 3 heteroatoms. The minimum atomic E-state index is 0.634. The summed E-state index contributed by atoms with van der Waals surface area (Å²) < 4.78 is 2.23. The van der Waals surface area contributed by atoms with Gasteiger partial charge in [0, 0.05) is 27.6 Å². The molecule has 0 aliphatic rings. The van der Waals surface area contributed by atoms with Gasteiger partial charge in [0.2, 0.25) is 0 Å². The molecule has 3 aromatic carbocycles. The molecule has 0 unspecified atom stereocenters. The number of aldehydes is 2. The molecule has 0 spiro atoms. The van der Waals surface area contributed by atoms with E-state index in [1.807, 2.05) is 42.5 Å². The van der Waals surface area contributed by atoms with E-state index in [4.69, 9.17) is 0 Å². The first-order valence-corrected chi connectivity index (χ1v) is 8.83. The van der Waals surface area contributed by atoms with Crippen molar-refractivity contribution >= 4 is 34.4 Å². The lowest BCUT2D eigenvalue weighted by Crippen LogP contribution is -1.99. The van der Waals surface area contributed by atoms with Crippen LogP contribution < -0.4 is 0 Å². The fraction of sp³-hybridized carbons (Fsp3) is 0.130. The van der Waals surface area contributed by atoms with E-state index in [0.717, 1.165) is 52.9 Å². The molecule has 0 fully saturated rings. The normalized spacial score (nSPS) is 11.1. The molecular weight excluding hydrogens is 322 g/mol. The van der Waals surface area contributed by atoms with Gasteiger partial charge in [-0.15, -0.1) is 0 Å². The minimum Gasteiger partial charge on any atom is -0.309 e. The molecular formula is C23H19NO2. The van der Waals surface area contributed by atoms with Crippen LogP contribution in [0.15, 0.2) is 60.7 Å². The third-order valence-electron chi connectivity index (χ3n) is 4.84. The van der Waals surface area contributed by atoms with Crippen molar-refractivity contribution in [2.75, 3.05) is 0 Å². The Morgan fingerprint density at radius 1 is 0.808 bits per heavy atom. The molecule has 0 atom stereocenters. The van der Waals surface area contributed by atoms with Gasteiger partial charge in [-0.25, -0.2) is 0 Å². The SMILES string of the molecule is CCCc1ccccc1-n1c2ccc(C=O)cc2c2cc(C=O)ccc21. The smallest absolute Gasteiger partial charge is 0.150 e. The molecule has 0 radical (unpaired) electrons. The molecule has 0 saturated carbocycles. The van der Waals surface area contributed by atoms with E-state index < -0.39 is 0 Å². The summed E-state index contributed by atoms with van der Waals surface area (Å²) in [6.45, 7) is 2.18. The molecule has 0 saturated heterocycles. The summed E-state index contributed by atoms with van der Waals surface area (Å²) in [4.78, 5) is 22.5. The maximum Gasteiger partial charge on any atom is 0.150 e. The number of fused-ring (bicyclic) bond motifs is 3. The van der Waals surface area contributed by atoms with Gasteiger partial charge in [-0.1, -0.05) is 31.5 Å². The standard InChI is InChI=1S/C23H19NO2/c1-2-5-18-6-3-4-7-21(18)24-22-10-8-16(14-25)12-19(22)20-13-17(15-26)9-11-23(20)24/h3-4,6-15H,2,5H2,1H3. The highest BCUT2D eigenvalue weighted by Crippen LogP contribution is 2.34. The monoisotopic (exact) mass is 341 g/mol. The van der Waals surface area contributed by atoms with E-state index in [9.17, 15) is 9.59 Å². The van der Waals surface area contributed by atoms with E-state index in [2.05, 4.69) is 29.7 Å². The van der Waals surface area contributed by atoms with Crippen molar-refractivity contribution in [2.24, 2.45) is 0 Å². The average molecular weight is 341 g/mol. The van der Waals surface area contributed by atoms with Crippen LogP contribution in [0.3, 0.4) is 0 Å². The number of nitrogens with zero attached hydrogens (tertiary/aromatic N) is 1. The molecule has 1 aromatic heterocycles. The van der Waals surface area contributed by atoms with E-state index in [1.165, 1.54) is 5.56 Å². The maximum atomic E-state index is 11.3. The molecule has 0 bridgehead atoms. The van der Waals surface area contributed by atoms with Crippen LogP contribution >= 0.6 is 0 Å². The second-order valence-corrected chi connectivity index (χ2v) is 6.50. The first-order valence-electron chi connectivity index (χ1n) is 8.83. The molecule has 26 heavy (non-hydrogen) atoms. The Bertz CT molecular complexity index is 1070. The highest BCUT2D eigenvalue weighted by molar-refractivity contribution is 6.11. The van der Waals surface area contributed by atoms with Gasteiger partial charge >= 0.3 is 0 Å². The van der Waals surface area contributed by atoms with Crippen LogP contribution in [-0.2, 0) is 6.42 Å². The minimum absolute atomic E-state index is 0.634. The molecule has 0 N–H and O–H groups in total. The zero-order chi connectivity index (χ0) is 18.1. The third-order valence-corrected chi connectivity index (χ3v) is 4.84. The van der Waals surface area contributed by atoms with Gasteiger partial charge in [0.25, 0.3) is 0 Å². The van der Waals surface area contributed by atoms with E-state index in [0.29, 0.717) is 11.1 Å². The van der Waals surface area contributed by atoms with Crippen LogP contribution in [0, 0.1) is 0 Å². The third kappa shape index (κ3) is 2.53. The fourth-order valence-corrected chi connectivity index (χ4v) is 3.67. The predicted octanol–water partition coefficient (Wildman–Crippen LogP) is 5.36. The Balaban J connectivity index is 2.14. The van der Waals surface area contributed by atoms with Crippen molar-refractivity contribution < 1.29 is 9.59 Å². The summed E-state index contributed by atoms with van der Waals surface area (Å²) >= 11 is 0. The predicted molar refractivity (Wildman–Crippen MR) is 106 cm³/mol. The number of carbonyl (C=O) groups is 2. The number of rotatable bonds is 5. The molecule has 4 rings (SSSR count). The zero-order valence-corrected chi connectivity index (χ0v) is 14.6.